The zero-order valence-corrected chi connectivity index (χ0v) is 13.5. The summed E-state index contributed by atoms with van der Waals surface area (Å²) >= 11 is 6.58. The van der Waals surface area contributed by atoms with Crippen LogP contribution in [0.5, 0.6) is 0 Å². The summed E-state index contributed by atoms with van der Waals surface area (Å²) in [6.07, 6.45) is 4.54. The van der Waals surface area contributed by atoms with Gasteiger partial charge >= 0.3 is 0 Å². The number of alkyl halides is 2. The molecule has 0 aromatic rings. The van der Waals surface area contributed by atoms with Gasteiger partial charge < -0.3 is 17.2 Å². The van der Waals surface area contributed by atoms with E-state index in [1.807, 2.05) is 0 Å². The molecule has 2 atom stereocenters. The molecule has 6 N–H and O–H groups in total. The normalized spacial score (nSPS) is 15.9. The summed E-state index contributed by atoms with van der Waals surface area (Å²) in [6.45, 7) is 0.416. The molecular weight excluding hydrogens is 366 g/mol. The van der Waals surface area contributed by atoms with Gasteiger partial charge in [-0.2, -0.15) is 0 Å². The fourth-order valence-electron chi connectivity index (χ4n) is 1.65. The van der Waals surface area contributed by atoms with Crippen LogP contribution in [0.2, 0.25) is 0 Å². The van der Waals surface area contributed by atoms with Crippen LogP contribution in [0.15, 0.2) is 0 Å². The highest BCUT2D eigenvalue weighted by atomic mass is 79.9. The van der Waals surface area contributed by atoms with Crippen molar-refractivity contribution < 1.29 is 9.59 Å². The first-order valence-electron chi connectivity index (χ1n) is 5.96. The third kappa shape index (κ3) is 6.70. The Morgan fingerprint density at radius 1 is 1.11 bits per heavy atom. The van der Waals surface area contributed by atoms with E-state index < -0.39 is 4.32 Å². The lowest BCUT2D eigenvalue weighted by molar-refractivity contribution is -0.120. The second-order valence-corrected chi connectivity index (χ2v) is 6.96. The van der Waals surface area contributed by atoms with E-state index in [2.05, 4.69) is 31.9 Å². The summed E-state index contributed by atoms with van der Waals surface area (Å²) in [4.78, 5) is 21.8. The van der Waals surface area contributed by atoms with E-state index in [9.17, 15) is 9.59 Å². The first kappa shape index (κ1) is 17.9. The summed E-state index contributed by atoms with van der Waals surface area (Å²) in [5, 5.41) is 0. The van der Waals surface area contributed by atoms with Crippen molar-refractivity contribution in [3.8, 4) is 0 Å². The molecule has 7 heteroatoms. The molecule has 0 aromatic carbocycles. The van der Waals surface area contributed by atoms with Crippen molar-refractivity contribution in [1.29, 1.82) is 0 Å². The predicted molar refractivity (Wildman–Crippen MR) is 79.5 cm³/mol. The SMILES string of the molecule is NCCC(Br)(CCCCCC(Br)C(N)=O)C(N)=O. The number of hydrogen-bond acceptors (Lipinski definition) is 3. The van der Waals surface area contributed by atoms with Gasteiger partial charge in [0.1, 0.15) is 4.32 Å². The molecule has 0 aliphatic rings. The number of unbranched alkanes of at least 4 members (excludes halogenated alkanes) is 2. The average Bonchev–Trinajstić information content (AvgIpc) is 2.28. The van der Waals surface area contributed by atoms with Crippen LogP contribution in [0.4, 0.5) is 0 Å². The molecule has 0 saturated carbocycles. The molecule has 0 aliphatic heterocycles. The Hall–Kier alpha value is -0.140. The summed E-state index contributed by atoms with van der Waals surface area (Å²) < 4.78 is -0.695. The first-order chi connectivity index (χ1) is 8.33. The number of carbonyl (C=O) groups excluding carboxylic acids is 2. The lowest BCUT2D eigenvalue weighted by Gasteiger charge is -2.23. The summed E-state index contributed by atoms with van der Waals surface area (Å²) in [5.74, 6) is -0.714. The highest BCUT2D eigenvalue weighted by molar-refractivity contribution is 9.10. The molecule has 5 nitrogen and oxygen atoms in total. The molecule has 0 saturated heterocycles. The van der Waals surface area contributed by atoms with E-state index in [-0.39, 0.29) is 16.6 Å². The van der Waals surface area contributed by atoms with Gasteiger partial charge in [0, 0.05) is 0 Å². The number of rotatable bonds is 10. The van der Waals surface area contributed by atoms with Gasteiger partial charge in [-0.15, -0.1) is 0 Å². The number of nitrogens with two attached hydrogens (primary N) is 3. The van der Waals surface area contributed by atoms with Gasteiger partial charge in [0.15, 0.2) is 0 Å². The first-order valence-corrected chi connectivity index (χ1v) is 7.66. The van der Waals surface area contributed by atoms with Gasteiger partial charge in [0.2, 0.25) is 11.8 Å². The maximum atomic E-state index is 11.3. The van der Waals surface area contributed by atoms with E-state index in [1.165, 1.54) is 0 Å². The topological polar surface area (TPSA) is 112 Å². The number of halogens is 2. The van der Waals surface area contributed by atoms with Crippen LogP contribution in [-0.2, 0) is 9.59 Å². The van der Waals surface area contributed by atoms with Crippen LogP contribution in [-0.4, -0.2) is 27.5 Å². The Kier molecular flexibility index (Phi) is 8.81. The van der Waals surface area contributed by atoms with E-state index in [1.54, 1.807) is 0 Å². The van der Waals surface area contributed by atoms with Crippen molar-refractivity contribution in [1.82, 2.24) is 0 Å². The van der Waals surface area contributed by atoms with Crippen LogP contribution < -0.4 is 17.2 Å². The van der Waals surface area contributed by atoms with Crippen molar-refractivity contribution in [2.75, 3.05) is 6.54 Å². The Morgan fingerprint density at radius 3 is 2.17 bits per heavy atom. The molecule has 0 bridgehead atoms. The fourth-order valence-corrected chi connectivity index (χ4v) is 2.48. The Morgan fingerprint density at radius 2 is 1.72 bits per heavy atom. The van der Waals surface area contributed by atoms with Crippen LogP contribution in [0, 0.1) is 0 Å². The van der Waals surface area contributed by atoms with Crippen molar-refractivity contribution in [2.24, 2.45) is 17.2 Å². The number of primary amides is 2. The molecular formula is C11H21Br2N3O2. The number of carbonyl (C=O) groups is 2. The minimum atomic E-state index is -0.695. The third-order valence-electron chi connectivity index (χ3n) is 2.82. The molecule has 2 unspecified atom stereocenters. The minimum Gasteiger partial charge on any atom is -0.369 e. The van der Waals surface area contributed by atoms with Crippen molar-refractivity contribution >= 4 is 43.7 Å². The predicted octanol–water partition coefficient (Wildman–Crippen LogP) is 1.15. The molecule has 106 valence electrons. The second kappa shape index (κ2) is 8.87. The van der Waals surface area contributed by atoms with Crippen molar-refractivity contribution in [3.63, 3.8) is 0 Å². The van der Waals surface area contributed by atoms with E-state index in [0.29, 0.717) is 25.8 Å². The Balaban J connectivity index is 3.88. The zero-order chi connectivity index (χ0) is 14.2. The Bertz CT molecular complexity index is 289. The second-order valence-electron chi connectivity index (χ2n) is 4.34. The summed E-state index contributed by atoms with van der Waals surface area (Å²) in [5.41, 5.74) is 15.9. The van der Waals surface area contributed by atoms with Gasteiger partial charge in [0.25, 0.3) is 0 Å². The minimum absolute atomic E-state index is 0.272. The molecule has 0 spiro atoms. The van der Waals surface area contributed by atoms with Crippen LogP contribution in [0.25, 0.3) is 0 Å². The standard InChI is InChI=1S/C11H21Br2N3O2/c12-8(9(15)17)4-2-1-3-5-11(13,6-7-14)10(16)18/h8H,1-7,14H2,(H2,15,17)(H2,16,18). The molecule has 0 fully saturated rings. The lowest BCUT2D eigenvalue weighted by Crippen LogP contribution is -2.39. The van der Waals surface area contributed by atoms with Gasteiger partial charge in [0.05, 0.1) is 4.83 Å². The monoisotopic (exact) mass is 385 g/mol. The smallest absolute Gasteiger partial charge is 0.234 e. The maximum absolute atomic E-state index is 11.3. The van der Waals surface area contributed by atoms with Crippen LogP contribution in [0.3, 0.4) is 0 Å². The molecule has 0 rings (SSSR count). The van der Waals surface area contributed by atoms with Gasteiger partial charge in [-0.05, 0) is 25.8 Å². The van der Waals surface area contributed by atoms with E-state index in [0.717, 1.165) is 19.3 Å². The van der Waals surface area contributed by atoms with Crippen molar-refractivity contribution in [3.05, 3.63) is 0 Å². The highest BCUT2D eigenvalue weighted by Crippen LogP contribution is 2.28. The third-order valence-corrected chi connectivity index (χ3v) is 4.91. The molecule has 0 radical (unpaired) electrons. The zero-order valence-electron chi connectivity index (χ0n) is 10.3. The highest BCUT2D eigenvalue weighted by Gasteiger charge is 2.31. The Labute approximate surface area is 124 Å². The average molecular weight is 387 g/mol. The summed E-state index contributed by atoms with van der Waals surface area (Å²) in [7, 11) is 0. The fraction of sp³-hybridized carbons (Fsp3) is 0.818. The van der Waals surface area contributed by atoms with Crippen molar-refractivity contribution in [2.45, 2.75) is 47.7 Å². The van der Waals surface area contributed by atoms with E-state index in [4.69, 9.17) is 17.2 Å². The largest absolute Gasteiger partial charge is 0.369 e. The summed E-state index contributed by atoms with van der Waals surface area (Å²) in [6, 6.07) is 0. The van der Waals surface area contributed by atoms with Gasteiger partial charge in [-0.3, -0.25) is 9.59 Å². The van der Waals surface area contributed by atoms with Crippen LogP contribution in [0.1, 0.15) is 38.5 Å². The molecule has 18 heavy (non-hydrogen) atoms. The molecule has 0 aromatic heterocycles. The van der Waals surface area contributed by atoms with Gasteiger partial charge in [-0.1, -0.05) is 51.1 Å². The number of amides is 2. The van der Waals surface area contributed by atoms with Crippen LogP contribution >= 0.6 is 31.9 Å². The lowest BCUT2D eigenvalue weighted by atomic mass is 9.96. The maximum Gasteiger partial charge on any atom is 0.234 e. The number of hydrogen-bond donors (Lipinski definition) is 3. The molecule has 2 amide bonds. The molecule has 0 heterocycles. The quantitative estimate of drug-likeness (QED) is 0.386. The molecule has 0 aliphatic carbocycles. The van der Waals surface area contributed by atoms with E-state index >= 15 is 0 Å². The van der Waals surface area contributed by atoms with Gasteiger partial charge in [-0.25, -0.2) is 0 Å².